The lowest BCUT2D eigenvalue weighted by Gasteiger charge is -2.30. The van der Waals surface area contributed by atoms with Gasteiger partial charge in [0, 0.05) is 31.6 Å². The molecule has 118 valence electrons. The molecule has 1 saturated heterocycles. The van der Waals surface area contributed by atoms with E-state index < -0.39 is 10.0 Å². The van der Waals surface area contributed by atoms with Gasteiger partial charge in [-0.2, -0.15) is 0 Å². The third-order valence-electron chi connectivity index (χ3n) is 3.83. The summed E-state index contributed by atoms with van der Waals surface area (Å²) in [6, 6.07) is 0.0374. The van der Waals surface area contributed by atoms with E-state index in [1.165, 1.54) is 10.6 Å². The topological polar surface area (TPSA) is 92.5 Å². The van der Waals surface area contributed by atoms with Gasteiger partial charge in [-0.15, -0.1) is 0 Å². The number of hydrogen-bond donors (Lipinski definition) is 2. The fourth-order valence-corrected chi connectivity index (χ4v) is 3.34. The standard InChI is InChI=1S/C13H27N3O3S/c1-3-4-5-12(10-14)15-13(17)11-6-8-16(9-7-11)20(2,18)19/h11-12H,3-10,14H2,1-2H3,(H,15,17). The lowest BCUT2D eigenvalue weighted by atomic mass is 9.96. The Hall–Kier alpha value is -0.660. The number of carbonyl (C=O) groups is 1. The average molecular weight is 305 g/mol. The zero-order chi connectivity index (χ0) is 15.2. The fourth-order valence-electron chi connectivity index (χ4n) is 2.47. The SMILES string of the molecule is CCCCC(CN)NC(=O)C1CCN(S(C)(=O)=O)CC1. The second-order valence-corrected chi connectivity index (χ2v) is 7.50. The molecule has 1 aliphatic heterocycles. The smallest absolute Gasteiger partial charge is 0.223 e. The van der Waals surface area contributed by atoms with Gasteiger partial charge in [0.15, 0.2) is 0 Å². The Bertz CT molecular complexity index is 403. The molecular weight excluding hydrogens is 278 g/mol. The molecular formula is C13H27N3O3S. The van der Waals surface area contributed by atoms with Gasteiger partial charge in [0.05, 0.1) is 6.26 Å². The number of carbonyl (C=O) groups excluding carboxylic acids is 1. The van der Waals surface area contributed by atoms with Gasteiger partial charge in [0.2, 0.25) is 15.9 Å². The zero-order valence-electron chi connectivity index (χ0n) is 12.5. The maximum atomic E-state index is 12.2. The molecule has 0 aromatic rings. The van der Waals surface area contributed by atoms with Crippen molar-refractivity contribution in [1.29, 1.82) is 0 Å². The highest BCUT2D eigenvalue weighted by Crippen LogP contribution is 2.19. The Morgan fingerprint density at radius 3 is 2.45 bits per heavy atom. The van der Waals surface area contributed by atoms with Crippen LogP contribution in [0.2, 0.25) is 0 Å². The Labute approximate surface area is 122 Å². The van der Waals surface area contributed by atoms with E-state index in [1.807, 2.05) is 0 Å². The Morgan fingerprint density at radius 1 is 1.40 bits per heavy atom. The van der Waals surface area contributed by atoms with Crippen molar-refractivity contribution >= 4 is 15.9 Å². The van der Waals surface area contributed by atoms with E-state index >= 15 is 0 Å². The van der Waals surface area contributed by atoms with E-state index in [0.29, 0.717) is 32.5 Å². The molecule has 0 radical (unpaired) electrons. The quantitative estimate of drug-likeness (QED) is 0.707. The van der Waals surface area contributed by atoms with Crippen molar-refractivity contribution < 1.29 is 13.2 Å². The predicted molar refractivity (Wildman–Crippen MR) is 79.7 cm³/mol. The molecule has 1 aliphatic rings. The molecule has 0 aromatic heterocycles. The number of sulfonamides is 1. The second kappa shape index (κ2) is 7.95. The van der Waals surface area contributed by atoms with Gasteiger partial charge < -0.3 is 11.1 Å². The first kappa shape index (κ1) is 17.4. The van der Waals surface area contributed by atoms with E-state index in [0.717, 1.165) is 19.3 Å². The van der Waals surface area contributed by atoms with E-state index in [4.69, 9.17) is 5.73 Å². The number of nitrogens with one attached hydrogen (secondary N) is 1. The van der Waals surface area contributed by atoms with Crippen molar-refractivity contribution in [2.75, 3.05) is 25.9 Å². The number of rotatable bonds is 7. The molecule has 0 saturated carbocycles. The Balaban J connectivity index is 2.42. The average Bonchev–Trinajstić information content (AvgIpc) is 2.42. The number of nitrogens with zero attached hydrogens (tertiary/aromatic N) is 1. The molecule has 0 aromatic carbocycles. The molecule has 1 amide bonds. The second-order valence-electron chi connectivity index (χ2n) is 5.52. The van der Waals surface area contributed by atoms with Crippen molar-refractivity contribution in [2.24, 2.45) is 11.7 Å². The van der Waals surface area contributed by atoms with Crippen LogP contribution in [0.15, 0.2) is 0 Å². The molecule has 20 heavy (non-hydrogen) atoms. The van der Waals surface area contributed by atoms with Crippen molar-refractivity contribution in [3.63, 3.8) is 0 Å². The monoisotopic (exact) mass is 305 g/mol. The van der Waals surface area contributed by atoms with Gasteiger partial charge >= 0.3 is 0 Å². The Kier molecular flexibility index (Phi) is 6.91. The summed E-state index contributed by atoms with van der Waals surface area (Å²) >= 11 is 0. The van der Waals surface area contributed by atoms with E-state index in [1.54, 1.807) is 0 Å². The van der Waals surface area contributed by atoms with Crippen LogP contribution in [0.1, 0.15) is 39.0 Å². The number of nitrogens with two attached hydrogens (primary N) is 1. The summed E-state index contributed by atoms with van der Waals surface area (Å²) in [5, 5.41) is 2.99. The highest BCUT2D eigenvalue weighted by atomic mass is 32.2. The molecule has 1 heterocycles. The number of piperidine rings is 1. The maximum Gasteiger partial charge on any atom is 0.223 e. The minimum Gasteiger partial charge on any atom is -0.352 e. The van der Waals surface area contributed by atoms with Crippen LogP contribution in [0.5, 0.6) is 0 Å². The van der Waals surface area contributed by atoms with E-state index in [2.05, 4.69) is 12.2 Å². The molecule has 7 heteroatoms. The van der Waals surface area contributed by atoms with Crippen LogP contribution in [0.3, 0.4) is 0 Å². The van der Waals surface area contributed by atoms with Crippen LogP contribution in [-0.4, -0.2) is 50.6 Å². The Morgan fingerprint density at radius 2 is 2.00 bits per heavy atom. The zero-order valence-corrected chi connectivity index (χ0v) is 13.3. The normalized spacial score (nSPS) is 19.8. The van der Waals surface area contributed by atoms with Crippen LogP contribution in [-0.2, 0) is 14.8 Å². The first-order valence-corrected chi connectivity index (χ1v) is 9.18. The van der Waals surface area contributed by atoms with Gasteiger partial charge in [0.25, 0.3) is 0 Å². The summed E-state index contributed by atoms with van der Waals surface area (Å²) in [6.45, 7) is 3.42. The van der Waals surface area contributed by atoms with Gasteiger partial charge in [-0.1, -0.05) is 19.8 Å². The first-order chi connectivity index (χ1) is 9.38. The number of unbranched alkanes of at least 4 members (excludes halogenated alkanes) is 1. The third-order valence-corrected chi connectivity index (χ3v) is 5.13. The van der Waals surface area contributed by atoms with Crippen LogP contribution >= 0.6 is 0 Å². The lowest BCUT2D eigenvalue weighted by Crippen LogP contribution is -2.47. The summed E-state index contributed by atoms with van der Waals surface area (Å²) in [5.41, 5.74) is 5.67. The highest BCUT2D eigenvalue weighted by molar-refractivity contribution is 7.88. The number of hydrogen-bond acceptors (Lipinski definition) is 4. The molecule has 1 rings (SSSR count). The third kappa shape index (κ3) is 5.38. The van der Waals surface area contributed by atoms with Gasteiger partial charge in [0.1, 0.15) is 0 Å². The number of amides is 1. The summed E-state index contributed by atoms with van der Waals surface area (Å²) in [5.74, 6) is -0.0756. The predicted octanol–water partition coefficient (Wildman–Crippen LogP) is 0.292. The minimum atomic E-state index is -3.13. The van der Waals surface area contributed by atoms with E-state index in [9.17, 15) is 13.2 Å². The van der Waals surface area contributed by atoms with Gasteiger partial charge in [-0.25, -0.2) is 12.7 Å². The summed E-state index contributed by atoms with van der Waals surface area (Å²) in [4.78, 5) is 12.2. The fraction of sp³-hybridized carbons (Fsp3) is 0.923. The van der Waals surface area contributed by atoms with E-state index in [-0.39, 0.29) is 17.9 Å². The summed E-state index contributed by atoms with van der Waals surface area (Å²) < 4.78 is 24.3. The lowest BCUT2D eigenvalue weighted by molar-refractivity contribution is -0.126. The highest BCUT2D eigenvalue weighted by Gasteiger charge is 2.29. The summed E-state index contributed by atoms with van der Waals surface area (Å²) in [6.07, 6.45) is 5.42. The largest absolute Gasteiger partial charge is 0.352 e. The van der Waals surface area contributed by atoms with Gasteiger partial charge in [-0.3, -0.25) is 4.79 Å². The van der Waals surface area contributed by atoms with Crippen LogP contribution in [0, 0.1) is 5.92 Å². The van der Waals surface area contributed by atoms with Crippen molar-refractivity contribution in [3.05, 3.63) is 0 Å². The molecule has 1 fully saturated rings. The van der Waals surface area contributed by atoms with Crippen molar-refractivity contribution in [1.82, 2.24) is 9.62 Å². The molecule has 0 spiro atoms. The summed E-state index contributed by atoms with van der Waals surface area (Å²) in [7, 11) is -3.13. The molecule has 0 aliphatic carbocycles. The van der Waals surface area contributed by atoms with Crippen molar-refractivity contribution in [2.45, 2.75) is 45.1 Å². The van der Waals surface area contributed by atoms with Crippen LogP contribution in [0.25, 0.3) is 0 Å². The van der Waals surface area contributed by atoms with Gasteiger partial charge in [-0.05, 0) is 19.3 Å². The molecule has 1 atom stereocenters. The van der Waals surface area contributed by atoms with Crippen molar-refractivity contribution in [3.8, 4) is 0 Å². The van der Waals surface area contributed by atoms with Crippen LogP contribution in [0.4, 0.5) is 0 Å². The minimum absolute atomic E-state index is 0.0182. The molecule has 1 unspecified atom stereocenters. The molecule has 0 bridgehead atoms. The molecule has 3 N–H and O–H groups in total. The first-order valence-electron chi connectivity index (χ1n) is 7.34. The molecule has 6 nitrogen and oxygen atoms in total. The van der Waals surface area contributed by atoms with Crippen LogP contribution < -0.4 is 11.1 Å². The maximum absolute atomic E-state index is 12.2.